The Labute approximate surface area is 158 Å². The first-order valence-electron chi connectivity index (χ1n) is 9.94. The normalized spacial score (nSPS) is 22.3. The van der Waals surface area contributed by atoms with E-state index in [1.54, 1.807) is 0 Å². The quantitative estimate of drug-likeness (QED) is 0.681. The Morgan fingerprint density at radius 2 is 1.69 bits per heavy atom. The molecular weight excluding hydrogens is 348 g/mol. The maximum Gasteiger partial charge on any atom is 0.152 e. The zero-order chi connectivity index (χ0) is 18.4. The summed E-state index contributed by atoms with van der Waals surface area (Å²) in [6.45, 7) is 7.55. The van der Waals surface area contributed by atoms with E-state index in [4.69, 9.17) is 4.74 Å². The van der Waals surface area contributed by atoms with Crippen LogP contribution in [0.5, 0.6) is 5.75 Å². The lowest BCUT2D eigenvalue weighted by Crippen LogP contribution is -2.50. The van der Waals surface area contributed by atoms with E-state index in [-0.39, 0.29) is 0 Å². The van der Waals surface area contributed by atoms with Crippen molar-refractivity contribution in [2.45, 2.75) is 45.2 Å². The average molecular weight is 381 g/mol. The molecule has 2 aliphatic heterocycles. The Hall–Kier alpha value is -1.11. The van der Waals surface area contributed by atoms with Crippen LogP contribution in [0.3, 0.4) is 0 Å². The van der Waals surface area contributed by atoms with Gasteiger partial charge in [-0.3, -0.25) is 9.80 Å². The summed E-state index contributed by atoms with van der Waals surface area (Å²) in [6, 6.07) is 9.04. The van der Waals surface area contributed by atoms with E-state index in [0.29, 0.717) is 30.6 Å². The Balaban J connectivity index is 1.41. The van der Waals surface area contributed by atoms with Crippen molar-refractivity contribution in [1.82, 2.24) is 9.80 Å². The van der Waals surface area contributed by atoms with Crippen LogP contribution in [-0.4, -0.2) is 68.6 Å². The van der Waals surface area contributed by atoms with Crippen LogP contribution in [0.25, 0.3) is 0 Å². The van der Waals surface area contributed by atoms with Crippen molar-refractivity contribution in [3.05, 3.63) is 29.8 Å². The molecule has 2 fully saturated rings. The van der Waals surface area contributed by atoms with Crippen molar-refractivity contribution in [3.63, 3.8) is 0 Å². The van der Waals surface area contributed by atoms with Crippen LogP contribution in [-0.2, 0) is 16.4 Å². The van der Waals surface area contributed by atoms with E-state index in [1.807, 2.05) is 0 Å². The number of hydrogen-bond acceptors (Lipinski definition) is 5. The van der Waals surface area contributed by atoms with E-state index in [0.717, 1.165) is 57.7 Å². The molecule has 0 unspecified atom stereocenters. The molecule has 2 heterocycles. The van der Waals surface area contributed by atoms with Gasteiger partial charge >= 0.3 is 0 Å². The maximum absolute atomic E-state index is 11.6. The van der Waals surface area contributed by atoms with Crippen LogP contribution in [0.2, 0.25) is 0 Å². The van der Waals surface area contributed by atoms with E-state index in [1.165, 1.54) is 5.56 Å². The average Bonchev–Trinajstić information content (AvgIpc) is 2.64. The molecule has 0 atom stereocenters. The SMILES string of the molecule is CCCCOc1ccc(CN2CCC(N3CCS(=O)(=O)CC3)CC2)cc1. The Morgan fingerprint density at radius 1 is 1.04 bits per heavy atom. The minimum atomic E-state index is -2.78. The lowest BCUT2D eigenvalue weighted by molar-refractivity contribution is 0.111. The van der Waals surface area contributed by atoms with Gasteiger partial charge in [-0.2, -0.15) is 0 Å². The van der Waals surface area contributed by atoms with Crippen LogP contribution in [0, 0.1) is 0 Å². The van der Waals surface area contributed by atoms with Crippen LogP contribution in [0.4, 0.5) is 0 Å². The summed E-state index contributed by atoms with van der Waals surface area (Å²) in [6.07, 6.45) is 4.53. The van der Waals surface area contributed by atoms with E-state index >= 15 is 0 Å². The number of ether oxygens (including phenoxy) is 1. The van der Waals surface area contributed by atoms with Crippen molar-refractivity contribution >= 4 is 9.84 Å². The number of unbranched alkanes of at least 4 members (excludes halogenated alkanes) is 1. The lowest BCUT2D eigenvalue weighted by Gasteiger charge is -2.40. The summed E-state index contributed by atoms with van der Waals surface area (Å²) in [7, 11) is -2.78. The van der Waals surface area contributed by atoms with Gasteiger partial charge in [0.05, 0.1) is 18.1 Å². The highest BCUT2D eigenvalue weighted by Gasteiger charge is 2.29. The second-order valence-electron chi connectivity index (χ2n) is 7.54. The molecule has 0 bridgehead atoms. The predicted molar refractivity (Wildman–Crippen MR) is 105 cm³/mol. The molecular formula is C20H32N2O3S. The fraction of sp³-hybridized carbons (Fsp3) is 0.700. The van der Waals surface area contributed by atoms with Gasteiger partial charge < -0.3 is 4.74 Å². The zero-order valence-corrected chi connectivity index (χ0v) is 16.7. The second kappa shape index (κ2) is 9.20. The smallest absolute Gasteiger partial charge is 0.152 e. The van der Waals surface area contributed by atoms with Gasteiger partial charge in [-0.05, 0) is 50.0 Å². The number of sulfone groups is 1. The summed E-state index contributed by atoms with van der Waals surface area (Å²) in [5, 5.41) is 0. The van der Waals surface area contributed by atoms with Gasteiger partial charge in [0.15, 0.2) is 9.84 Å². The van der Waals surface area contributed by atoms with Crippen LogP contribution in [0.1, 0.15) is 38.2 Å². The molecule has 0 spiro atoms. The maximum atomic E-state index is 11.6. The van der Waals surface area contributed by atoms with Crippen molar-refractivity contribution in [3.8, 4) is 5.75 Å². The molecule has 2 saturated heterocycles. The summed E-state index contributed by atoms with van der Waals surface area (Å²) in [4.78, 5) is 4.89. The largest absolute Gasteiger partial charge is 0.494 e. The van der Waals surface area contributed by atoms with Crippen LogP contribution < -0.4 is 4.74 Å². The standard InChI is InChI=1S/C20H32N2O3S/c1-2-3-14-25-20-6-4-18(5-7-20)17-21-10-8-19(9-11-21)22-12-15-26(23,24)16-13-22/h4-7,19H,2-3,8-17H2,1H3. The van der Waals surface area contributed by atoms with Gasteiger partial charge in [0.2, 0.25) is 0 Å². The highest BCUT2D eigenvalue weighted by Crippen LogP contribution is 2.21. The van der Waals surface area contributed by atoms with E-state index in [9.17, 15) is 8.42 Å². The molecule has 0 aliphatic carbocycles. The van der Waals surface area contributed by atoms with Crippen molar-refractivity contribution in [2.24, 2.45) is 0 Å². The highest BCUT2D eigenvalue weighted by molar-refractivity contribution is 7.91. The Morgan fingerprint density at radius 3 is 2.31 bits per heavy atom. The molecule has 26 heavy (non-hydrogen) atoms. The van der Waals surface area contributed by atoms with Gasteiger partial charge in [-0.15, -0.1) is 0 Å². The molecule has 2 aliphatic rings. The number of likely N-dealkylation sites (tertiary alicyclic amines) is 1. The molecule has 3 rings (SSSR count). The Kier molecular flexibility index (Phi) is 6.95. The summed E-state index contributed by atoms with van der Waals surface area (Å²) >= 11 is 0. The molecule has 0 aromatic heterocycles. The molecule has 0 amide bonds. The third kappa shape index (κ3) is 5.69. The fourth-order valence-corrected chi connectivity index (χ4v) is 5.05. The minimum Gasteiger partial charge on any atom is -0.494 e. The fourth-order valence-electron chi connectivity index (χ4n) is 3.82. The van der Waals surface area contributed by atoms with E-state index in [2.05, 4.69) is 41.0 Å². The number of nitrogens with zero attached hydrogens (tertiary/aromatic N) is 2. The number of rotatable bonds is 7. The van der Waals surface area contributed by atoms with Crippen molar-refractivity contribution < 1.29 is 13.2 Å². The highest BCUT2D eigenvalue weighted by atomic mass is 32.2. The molecule has 5 nitrogen and oxygen atoms in total. The summed E-state index contributed by atoms with van der Waals surface area (Å²) < 4.78 is 28.9. The first kappa shape index (κ1) is 19.6. The molecule has 1 aromatic carbocycles. The van der Waals surface area contributed by atoms with Crippen molar-refractivity contribution in [2.75, 3.05) is 44.3 Å². The van der Waals surface area contributed by atoms with Crippen LogP contribution in [0.15, 0.2) is 24.3 Å². The summed E-state index contributed by atoms with van der Waals surface area (Å²) in [5.41, 5.74) is 1.33. The topological polar surface area (TPSA) is 49.9 Å². The lowest BCUT2D eigenvalue weighted by atomic mass is 10.0. The van der Waals surface area contributed by atoms with Gasteiger partial charge in [-0.25, -0.2) is 8.42 Å². The molecule has 0 N–H and O–H groups in total. The molecule has 146 valence electrons. The van der Waals surface area contributed by atoms with Gasteiger partial charge in [0.25, 0.3) is 0 Å². The van der Waals surface area contributed by atoms with Gasteiger partial charge in [0.1, 0.15) is 5.75 Å². The Bertz CT molecular complexity index is 638. The minimum absolute atomic E-state index is 0.333. The van der Waals surface area contributed by atoms with Gasteiger partial charge in [-0.1, -0.05) is 25.5 Å². The zero-order valence-electron chi connectivity index (χ0n) is 15.9. The van der Waals surface area contributed by atoms with Crippen LogP contribution >= 0.6 is 0 Å². The second-order valence-corrected chi connectivity index (χ2v) is 9.84. The number of hydrogen-bond donors (Lipinski definition) is 0. The first-order valence-corrected chi connectivity index (χ1v) is 11.8. The number of benzene rings is 1. The van der Waals surface area contributed by atoms with Crippen molar-refractivity contribution in [1.29, 1.82) is 0 Å². The molecule has 0 saturated carbocycles. The number of piperidine rings is 1. The monoisotopic (exact) mass is 380 g/mol. The van der Waals surface area contributed by atoms with E-state index < -0.39 is 9.84 Å². The molecule has 6 heteroatoms. The predicted octanol–water partition coefficient (Wildman–Crippen LogP) is 2.56. The third-order valence-corrected chi connectivity index (χ3v) is 7.16. The van der Waals surface area contributed by atoms with Gasteiger partial charge in [0, 0.05) is 25.7 Å². The third-order valence-electron chi connectivity index (χ3n) is 5.55. The summed E-state index contributed by atoms with van der Waals surface area (Å²) in [5.74, 6) is 1.63. The molecule has 0 radical (unpaired) electrons. The first-order chi connectivity index (χ1) is 12.6. The molecule has 1 aromatic rings.